The van der Waals surface area contributed by atoms with Gasteiger partial charge in [-0.1, -0.05) is 48.5 Å². The second kappa shape index (κ2) is 8.70. The Morgan fingerprint density at radius 1 is 0.500 bits per heavy atom. The molecule has 4 aromatic carbocycles. The van der Waals surface area contributed by atoms with Crippen molar-refractivity contribution in [3.05, 3.63) is 108 Å². The van der Waals surface area contributed by atoms with E-state index in [1.807, 2.05) is 30.3 Å². The third kappa shape index (κ3) is 4.32. The summed E-state index contributed by atoms with van der Waals surface area (Å²) in [5.41, 5.74) is 6.31. The molecule has 5 heteroatoms. The van der Waals surface area contributed by atoms with Gasteiger partial charge in [0, 0.05) is 5.56 Å². The number of carboxylic acids is 2. The number of aldehydes is 1. The van der Waals surface area contributed by atoms with Crippen LogP contribution in [0.3, 0.4) is 0 Å². The van der Waals surface area contributed by atoms with Crippen LogP contribution in [-0.2, 0) is 0 Å². The van der Waals surface area contributed by atoms with Gasteiger partial charge in [0.15, 0.2) is 0 Å². The van der Waals surface area contributed by atoms with E-state index < -0.39 is 11.9 Å². The van der Waals surface area contributed by atoms with E-state index in [0.29, 0.717) is 5.56 Å². The Hall–Kier alpha value is -4.51. The second-order valence-corrected chi connectivity index (χ2v) is 7.30. The van der Waals surface area contributed by atoms with E-state index in [-0.39, 0.29) is 11.1 Å². The average molecular weight is 422 g/mol. The van der Waals surface area contributed by atoms with Crippen molar-refractivity contribution in [1.29, 1.82) is 0 Å². The minimum absolute atomic E-state index is 0.207. The van der Waals surface area contributed by atoms with E-state index >= 15 is 0 Å². The number of carboxylic acid groups (broad SMARTS) is 2. The quantitative estimate of drug-likeness (QED) is 0.378. The summed E-state index contributed by atoms with van der Waals surface area (Å²) in [4.78, 5) is 33.4. The average Bonchev–Trinajstić information content (AvgIpc) is 2.84. The van der Waals surface area contributed by atoms with Crippen molar-refractivity contribution < 1.29 is 24.6 Å². The molecule has 4 aromatic rings. The first kappa shape index (κ1) is 20.8. The van der Waals surface area contributed by atoms with Crippen LogP contribution in [0, 0.1) is 0 Å². The van der Waals surface area contributed by atoms with Crippen LogP contribution in [0.5, 0.6) is 0 Å². The first-order valence-electron chi connectivity index (χ1n) is 9.83. The predicted molar refractivity (Wildman–Crippen MR) is 122 cm³/mol. The number of carbonyl (C=O) groups is 3. The molecule has 0 atom stereocenters. The van der Waals surface area contributed by atoms with Crippen molar-refractivity contribution in [2.75, 3.05) is 0 Å². The summed E-state index contributed by atoms with van der Waals surface area (Å²) < 4.78 is 0. The van der Waals surface area contributed by atoms with Crippen LogP contribution in [-0.4, -0.2) is 28.4 Å². The van der Waals surface area contributed by atoms with Crippen LogP contribution in [0.1, 0.15) is 31.1 Å². The van der Waals surface area contributed by atoms with E-state index in [4.69, 9.17) is 10.2 Å². The van der Waals surface area contributed by atoms with Crippen LogP contribution in [0.2, 0.25) is 0 Å². The first-order chi connectivity index (χ1) is 15.4. The molecular weight excluding hydrogens is 404 g/mol. The maximum Gasteiger partial charge on any atom is 0.335 e. The molecule has 156 valence electrons. The second-order valence-electron chi connectivity index (χ2n) is 7.30. The lowest BCUT2D eigenvalue weighted by molar-refractivity contribution is 0.0686. The van der Waals surface area contributed by atoms with Gasteiger partial charge in [-0.3, -0.25) is 4.79 Å². The lowest BCUT2D eigenvalue weighted by Crippen LogP contribution is -1.95. The number of hydrogen-bond donors (Lipinski definition) is 2. The predicted octanol–water partition coefficient (Wildman–Crippen LogP) is 5.90. The molecule has 0 bridgehead atoms. The van der Waals surface area contributed by atoms with Crippen molar-refractivity contribution in [2.45, 2.75) is 0 Å². The Bertz CT molecular complexity index is 1230. The van der Waals surface area contributed by atoms with Gasteiger partial charge < -0.3 is 10.2 Å². The maximum absolute atomic E-state index is 11.2. The Morgan fingerprint density at radius 2 is 0.812 bits per heavy atom. The van der Waals surface area contributed by atoms with E-state index in [9.17, 15) is 14.4 Å². The highest BCUT2D eigenvalue weighted by Gasteiger charge is 2.10. The molecule has 0 fully saturated rings. The van der Waals surface area contributed by atoms with Crippen LogP contribution >= 0.6 is 0 Å². The van der Waals surface area contributed by atoms with Crippen LogP contribution in [0.4, 0.5) is 0 Å². The van der Waals surface area contributed by atoms with Gasteiger partial charge in [0.2, 0.25) is 0 Å². The molecule has 32 heavy (non-hydrogen) atoms. The van der Waals surface area contributed by atoms with Gasteiger partial charge in [0.05, 0.1) is 11.1 Å². The molecule has 0 aliphatic rings. The Morgan fingerprint density at radius 3 is 1.09 bits per heavy atom. The van der Waals surface area contributed by atoms with Gasteiger partial charge in [-0.2, -0.15) is 0 Å². The number of aromatic carboxylic acids is 2. The molecule has 0 heterocycles. The van der Waals surface area contributed by atoms with Gasteiger partial charge in [0.1, 0.15) is 6.29 Å². The van der Waals surface area contributed by atoms with Crippen LogP contribution in [0.15, 0.2) is 91.0 Å². The topological polar surface area (TPSA) is 91.7 Å². The summed E-state index contributed by atoms with van der Waals surface area (Å²) in [5, 5.41) is 18.3. The SMILES string of the molecule is O=Cc1ccc(-c2cc(-c3ccc(C(=O)O)cc3)cc(-c3ccc(C(=O)O)cc3)c2)cc1. The van der Waals surface area contributed by atoms with E-state index in [2.05, 4.69) is 0 Å². The van der Waals surface area contributed by atoms with Crippen LogP contribution in [0.25, 0.3) is 33.4 Å². The zero-order valence-electron chi connectivity index (χ0n) is 16.9. The van der Waals surface area contributed by atoms with Gasteiger partial charge in [0.25, 0.3) is 0 Å². The fraction of sp³-hybridized carbons (Fsp3) is 0. The number of benzene rings is 4. The maximum atomic E-state index is 11.2. The highest BCUT2D eigenvalue weighted by molar-refractivity contribution is 5.90. The minimum Gasteiger partial charge on any atom is -0.478 e. The molecule has 0 aliphatic heterocycles. The lowest BCUT2D eigenvalue weighted by atomic mass is 9.92. The molecule has 0 aliphatic carbocycles. The molecule has 0 unspecified atom stereocenters. The van der Waals surface area contributed by atoms with Gasteiger partial charge >= 0.3 is 11.9 Å². The molecule has 0 saturated heterocycles. The number of carbonyl (C=O) groups excluding carboxylic acids is 1. The largest absolute Gasteiger partial charge is 0.478 e. The highest BCUT2D eigenvalue weighted by Crippen LogP contribution is 2.33. The Balaban J connectivity index is 1.84. The molecule has 0 radical (unpaired) electrons. The summed E-state index contributed by atoms with van der Waals surface area (Å²) in [5.74, 6) is -1.97. The summed E-state index contributed by atoms with van der Waals surface area (Å²) in [6.07, 6.45) is 0.791. The summed E-state index contributed by atoms with van der Waals surface area (Å²) in [7, 11) is 0. The van der Waals surface area contributed by atoms with Crippen molar-refractivity contribution >= 4 is 18.2 Å². The molecule has 0 spiro atoms. The van der Waals surface area contributed by atoms with Crippen LogP contribution < -0.4 is 0 Å². The number of hydrogen-bond acceptors (Lipinski definition) is 3. The molecule has 2 N–H and O–H groups in total. The van der Waals surface area contributed by atoms with E-state index in [0.717, 1.165) is 39.7 Å². The monoisotopic (exact) mass is 422 g/mol. The smallest absolute Gasteiger partial charge is 0.335 e. The highest BCUT2D eigenvalue weighted by atomic mass is 16.4. The Kier molecular flexibility index (Phi) is 5.64. The molecule has 0 aromatic heterocycles. The van der Waals surface area contributed by atoms with Crippen molar-refractivity contribution in [1.82, 2.24) is 0 Å². The first-order valence-corrected chi connectivity index (χ1v) is 9.83. The zero-order chi connectivity index (χ0) is 22.7. The fourth-order valence-corrected chi connectivity index (χ4v) is 3.49. The van der Waals surface area contributed by atoms with Gasteiger partial charge in [-0.25, -0.2) is 9.59 Å². The molecule has 5 nitrogen and oxygen atoms in total. The standard InChI is InChI=1S/C27H18O5/c28-16-17-1-3-18(4-2-17)23-13-24(19-5-9-21(10-6-19)26(29)30)15-25(14-23)20-7-11-22(12-8-20)27(31)32/h1-16H,(H,29,30)(H,31,32). The normalized spacial score (nSPS) is 10.5. The van der Waals surface area contributed by atoms with Gasteiger partial charge in [-0.05, 0) is 75.8 Å². The summed E-state index contributed by atoms with van der Waals surface area (Å²) in [6.45, 7) is 0. The summed E-state index contributed by atoms with van der Waals surface area (Å²) in [6, 6.07) is 26.5. The van der Waals surface area contributed by atoms with E-state index in [1.165, 1.54) is 0 Å². The van der Waals surface area contributed by atoms with Crippen molar-refractivity contribution in [2.24, 2.45) is 0 Å². The zero-order valence-corrected chi connectivity index (χ0v) is 16.9. The summed E-state index contributed by atoms with van der Waals surface area (Å²) >= 11 is 0. The molecule has 0 saturated carbocycles. The number of rotatable bonds is 6. The fourth-order valence-electron chi connectivity index (χ4n) is 3.49. The molecule has 4 rings (SSSR count). The van der Waals surface area contributed by atoms with E-state index in [1.54, 1.807) is 60.7 Å². The molecule has 0 amide bonds. The van der Waals surface area contributed by atoms with Gasteiger partial charge in [-0.15, -0.1) is 0 Å². The third-order valence-electron chi connectivity index (χ3n) is 5.24. The van der Waals surface area contributed by atoms with Crippen molar-refractivity contribution in [3.63, 3.8) is 0 Å². The third-order valence-corrected chi connectivity index (χ3v) is 5.24. The lowest BCUT2D eigenvalue weighted by Gasteiger charge is -2.12. The van der Waals surface area contributed by atoms with Crippen molar-refractivity contribution in [3.8, 4) is 33.4 Å². The minimum atomic E-state index is -0.986. The molecular formula is C27H18O5. The Labute approximate surface area is 184 Å².